The smallest absolute Gasteiger partial charge is 0.338 e. The molecule has 3 aliphatic heterocycles. The van der Waals surface area contributed by atoms with Gasteiger partial charge >= 0.3 is 11.9 Å². The monoisotopic (exact) mass is 374 g/mol. The minimum Gasteiger partial charge on any atom is -0.461 e. The molecule has 7 nitrogen and oxygen atoms in total. The quantitative estimate of drug-likeness (QED) is 0.786. The molecule has 0 spiro atoms. The maximum atomic E-state index is 12.4. The molecule has 3 saturated carbocycles. The van der Waals surface area contributed by atoms with Crippen molar-refractivity contribution in [2.24, 2.45) is 11.3 Å². The lowest BCUT2D eigenvalue weighted by atomic mass is 9.41. The van der Waals surface area contributed by atoms with Crippen LogP contribution in [-0.4, -0.2) is 46.9 Å². The molecule has 7 rings (SSSR count). The van der Waals surface area contributed by atoms with Gasteiger partial charge in [0.1, 0.15) is 17.8 Å². The van der Waals surface area contributed by atoms with Crippen LogP contribution < -0.4 is 0 Å². The van der Waals surface area contributed by atoms with E-state index in [4.69, 9.17) is 18.9 Å². The number of aliphatic hydroxyl groups is 1. The van der Waals surface area contributed by atoms with Gasteiger partial charge < -0.3 is 24.1 Å². The molecule has 6 bridgehead atoms. The fraction of sp³-hybridized carbons (Fsp3) is 0.600. The van der Waals surface area contributed by atoms with Crippen molar-refractivity contribution in [2.75, 3.05) is 6.61 Å². The van der Waals surface area contributed by atoms with Crippen molar-refractivity contribution in [2.45, 2.75) is 56.4 Å². The molecule has 3 heterocycles. The second-order valence-electron chi connectivity index (χ2n) is 8.21. The van der Waals surface area contributed by atoms with Crippen molar-refractivity contribution >= 4 is 11.9 Å². The van der Waals surface area contributed by atoms with E-state index in [0.29, 0.717) is 12.0 Å². The summed E-state index contributed by atoms with van der Waals surface area (Å²) >= 11 is 0. The highest BCUT2D eigenvalue weighted by atomic mass is 16.8. The standard InChI is InChI=1S/C20H22O7/c1-3-14(21)25-19-10-17(2)20(23)9-13(19)18(20,16(26-17)27-19)11-24-15(22)12-7-5-4-6-8-12/h4-8,13,16,23H,3,9-11H2,1-2H3. The summed E-state index contributed by atoms with van der Waals surface area (Å²) in [5.41, 5.74) is -2.56. The van der Waals surface area contributed by atoms with Crippen molar-refractivity contribution in [1.29, 1.82) is 0 Å². The molecule has 6 fully saturated rings. The summed E-state index contributed by atoms with van der Waals surface area (Å²) in [6.07, 6.45) is 0.131. The van der Waals surface area contributed by atoms with Crippen molar-refractivity contribution in [1.82, 2.24) is 0 Å². The van der Waals surface area contributed by atoms with E-state index in [-0.39, 0.29) is 31.3 Å². The first-order chi connectivity index (χ1) is 12.8. The van der Waals surface area contributed by atoms with Gasteiger partial charge in [0.05, 0.1) is 11.0 Å². The van der Waals surface area contributed by atoms with Crippen LogP contribution in [0.2, 0.25) is 0 Å². The van der Waals surface area contributed by atoms with Gasteiger partial charge in [0.2, 0.25) is 5.79 Å². The van der Waals surface area contributed by atoms with E-state index in [1.165, 1.54) is 0 Å². The summed E-state index contributed by atoms with van der Waals surface area (Å²) in [4.78, 5) is 24.4. The summed E-state index contributed by atoms with van der Waals surface area (Å²) in [6, 6.07) is 8.68. The first kappa shape index (κ1) is 17.2. The fourth-order valence-electron chi connectivity index (χ4n) is 5.62. The fourth-order valence-corrected chi connectivity index (χ4v) is 5.62. The number of hydrogen-bond acceptors (Lipinski definition) is 7. The van der Waals surface area contributed by atoms with Gasteiger partial charge in [-0.15, -0.1) is 0 Å². The van der Waals surface area contributed by atoms with E-state index in [0.717, 1.165) is 0 Å². The van der Waals surface area contributed by atoms with Crippen LogP contribution in [0.3, 0.4) is 0 Å². The number of esters is 2. The summed E-state index contributed by atoms with van der Waals surface area (Å²) in [5.74, 6) is -2.21. The van der Waals surface area contributed by atoms with Gasteiger partial charge in [-0.2, -0.15) is 0 Å². The molecule has 1 N–H and O–H groups in total. The molecule has 1 aromatic rings. The van der Waals surface area contributed by atoms with Crippen molar-refractivity contribution in [3.8, 4) is 0 Å². The van der Waals surface area contributed by atoms with E-state index in [9.17, 15) is 14.7 Å². The van der Waals surface area contributed by atoms with Gasteiger partial charge in [0, 0.05) is 18.8 Å². The summed E-state index contributed by atoms with van der Waals surface area (Å²) < 4.78 is 23.3. The highest BCUT2D eigenvalue weighted by Crippen LogP contribution is 2.81. The average Bonchev–Trinajstić information content (AvgIpc) is 2.85. The highest BCUT2D eigenvalue weighted by molar-refractivity contribution is 5.89. The summed E-state index contributed by atoms with van der Waals surface area (Å²) in [5, 5.41) is 11.4. The van der Waals surface area contributed by atoms with Crippen LogP contribution in [0.4, 0.5) is 0 Å². The largest absolute Gasteiger partial charge is 0.461 e. The zero-order valence-electron chi connectivity index (χ0n) is 15.3. The third-order valence-electron chi connectivity index (χ3n) is 7.00. The predicted molar refractivity (Wildman–Crippen MR) is 90.3 cm³/mol. The Hall–Kier alpha value is -1.96. The van der Waals surface area contributed by atoms with Gasteiger partial charge in [0.25, 0.3) is 0 Å². The molecule has 144 valence electrons. The Morgan fingerprint density at radius 3 is 2.70 bits per heavy atom. The molecule has 0 amide bonds. The van der Waals surface area contributed by atoms with Crippen LogP contribution in [0.1, 0.15) is 43.5 Å². The van der Waals surface area contributed by atoms with E-state index in [2.05, 4.69) is 0 Å². The number of rotatable bonds is 5. The second kappa shape index (κ2) is 5.10. The van der Waals surface area contributed by atoms with E-state index < -0.39 is 34.7 Å². The van der Waals surface area contributed by atoms with E-state index >= 15 is 0 Å². The Morgan fingerprint density at radius 2 is 2.00 bits per heavy atom. The Kier molecular flexibility index (Phi) is 3.24. The Balaban J connectivity index is 1.44. The highest BCUT2D eigenvalue weighted by Gasteiger charge is 2.94. The second-order valence-corrected chi connectivity index (χ2v) is 8.21. The molecule has 6 atom stereocenters. The van der Waals surface area contributed by atoms with Gasteiger partial charge in [-0.25, -0.2) is 4.79 Å². The molecule has 3 saturated heterocycles. The molecule has 7 heteroatoms. The van der Waals surface area contributed by atoms with Gasteiger partial charge in [0.15, 0.2) is 6.29 Å². The van der Waals surface area contributed by atoms with Crippen molar-refractivity contribution < 1.29 is 33.6 Å². The number of ether oxygens (including phenoxy) is 4. The zero-order valence-corrected chi connectivity index (χ0v) is 15.3. The average molecular weight is 374 g/mol. The number of carbonyl (C=O) groups excluding carboxylic acids is 2. The normalized spacial score (nSPS) is 45.4. The van der Waals surface area contributed by atoms with Gasteiger partial charge in [-0.3, -0.25) is 4.79 Å². The van der Waals surface area contributed by atoms with Gasteiger partial charge in [-0.05, 0) is 25.5 Å². The molecule has 0 radical (unpaired) electrons. The van der Waals surface area contributed by atoms with Crippen LogP contribution in [0, 0.1) is 11.3 Å². The third kappa shape index (κ3) is 1.82. The lowest BCUT2D eigenvalue weighted by Gasteiger charge is -2.65. The van der Waals surface area contributed by atoms with Crippen LogP contribution in [0.15, 0.2) is 30.3 Å². The maximum Gasteiger partial charge on any atom is 0.338 e. The Morgan fingerprint density at radius 1 is 1.26 bits per heavy atom. The first-order valence-corrected chi connectivity index (χ1v) is 9.32. The predicted octanol–water partition coefficient (Wildman–Crippen LogP) is 1.78. The Labute approximate surface area is 156 Å². The molecular weight excluding hydrogens is 352 g/mol. The van der Waals surface area contributed by atoms with Crippen LogP contribution in [0.25, 0.3) is 0 Å². The molecule has 0 aromatic heterocycles. The van der Waals surface area contributed by atoms with Crippen LogP contribution in [-0.2, 0) is 23.7 Å². The SMILES string of the molecule is CCC(=O)OC12CC3(C)OC(O1)C1(COC(=O)c4ccccc4)C2CC31O. The minimum atomic E-state index is -1.18. The molecule has 6 aliphatic rings. The minimum absolute atomic E-state index is 0.0480. The maximum absolute atomic E-state index is 12.4. The van der Waals surface area contributed by atoms with Crippen LogP contribution >= 0.6 is 0 Å². The molecule has 27 heavy (non-hydrogen) atoms. The van der Waals surface area contributed by atoms with Crippen LogP contribution in [0.5, 0.6) is 0 Å². The summed E-state index contributed by atoms with van der Waals surface area (Å²) in [7, 11) is 0. The zero-order chi connectivity index (χ0) is 19.1. The van der Waals surface area contributed by atoms with Gasteiger partial charge in [-0.1, -0.05) is 25.1 Å². The summed E-state index contributed by atoms with van der Waals surface area (Å²) in [6.45, 7) is 3.49. The molecular formula is C20H22O7. The number of hydrogen-bond donors (Lipinski definition) is 1. The lowest BCUT2D eigenvalue weighted by molar-refractivity contribution is -0.385. The number of carbonyl (C=O) groups is 2. The van der Waals surface area contributed by atoms with E-state index in [1.807, 2.05) is 13.0 Å². The Bertz CT molecular complexity index is 825. The molecule has 3 aliphatic carbocycles. The van der Waals surface area contributed by atoms with Crippen molar-refractivity contribution in [3.63, 3.8) is 0 Å². The van der Waals surface area contributed by atoms with E-state index in [1.54, 1.807) is 31.2 Å². The third-order valence-corrected chi connectivity index (χ3v) is 7.00. The molecule has 1 aromatic carbocycles. The lowest BCUT2D eigenvalue weighted by Crippen LogP contribution is -2.79. The topological polar surface area (TPSA) is 91.3 Å². The first-order valence-electron chi connectivity index (χ1n) is 9.32. The number of benzene rings is 1. The van der Waals surface area contributed by atoms with Crippen molar-refractivity contribution in [3.05, 3.63) is 35.9 Å². The molecule has 6 unspecified atom stereocenters.